The van der Waals surface area contributed by atoms with E-state index >= 15 is 0 Å². The van der Waals surface area contributed by atoms with E-state index in [1.807, 2.05) is 0 Å². The zero-order valence-corrected chi connectivity index (χ0v) is 16.9. The van der Waals surface area contributed by atoms with E-state index in [0.29, 0.717) is 0 Å². The van der Waals surface area contributed by atoms with Gasteiger partial charge in [0.15, 0.2) is 0 Å². The second-order valence-electron chi connectivity index (χ2n) is 9.82. The van der Waals surface area contributed by atoms with Crippen LogP contribution in [0.4, 0.5) is 0 Å². The number of carbonyl (C=O) groups is 2. The van der Waals surface area contributed by atoms with E-state index in [0.717, 1.165) is 0 Å². The fourth-order valence-corrected chi connectivity index (χ4v) is 6.22. The molecular weight excluding hydrogens is 368 g/mol. The van der Waals surface area contributed by atoms with Crippen LogP contribution in [0.5, 0.6) is 0 Å². The molecule has 8 heteroatoms. The number of aliphatic hydroxyl groups is 5. The van der Waals surface area contributed by atoms with Crippen LogP contribution in [0.1, 0.15) is 53.4 Å². The number of hydrogen-bond acceptors (Lipinski definition) is 8. The summed E-state index contributed by atoms with van der Waals surface area (Å²) in [6.07, 6.45) is -3.29. The van der Waals surface area contributed by atoms with Gasteiger partial charge in [-0.2, -0.15) is 0 Å². The van der Waals surface area contributed by atoms with Crippen LogP contribution in [0.2, 0.25) is 0 Å². The van der Waals surface area contributed by atoms with Gasteiger partial charge in [-0.25, -0.2) is 0 Å². The Labute approximate surface area is 164 Å². The third-order valence-corrected chi connectivity index (χ3v) is 7.84. The van der Waals surface area contributed by atoms with Crippen LogP contribution in [-0.4, -0.2) is 73.4 Å². The van der Waals surface area contributed by atoms with Crippen molar-refractivity contribution in [2.24, 2.45) is 22.7 Å². The van der Waals surface area contributed by atoms with Crippen LogP contribution in [0.15, 0.2) is 0 Å². The Morgan fingerprint density at radius 2 is 1.82 bits per heavy atom. The summed E-state index contributed by atoms with van der Waals surface area (Å²) in [5, 5.41) is 53.2. The van der Waals surface area contributed by atoms with E-state index in [1.54, 1.807) is 13.8 Å². The van der Waals surface area contributed by atoms with Gasteiger partial charge in [-0.05, 0) is 47.0 Å². The normalized spacial score (nSPS) is 49.9. The maximum atomic E-state index is 12.4. The minimum Gasteiger partial charge on any atom is -0.459 e. The van der Waals surface area contributed by atoms with Gasteiger partial charge in [-0.15, -0.1) is 0 Å². The van der Waals surface area contributed by atoms with Gasteiger partial charge >= 0.3 is 5.97 Å². The molecule has 0 spiro atoms. The van der Waals surface area contributed by atoms with Crippen molar-refractivity contribution in [1.29, 1.82) is 0 Å². The van der Waals surface area contributed by atoms with Crippen molar-refractivity contribution in [3.8, 4) is 0 Å². The monoisotopic (exact) mass is 400 g/mol. The predicted octanol–water partition coefficient (Wildman–Crippen LogP) is -0.470. The Balaban J connectivity index is 2.05. The SMILES string of the molecule is CC(=O)C1C[C@@H](O)C2[C@@H](O)[C@@]1(C[C@H]1OC(=O)C(C)(C)[C@]1(O)CCO)C[C@@]2(C)O. The van der Waals surface area contributed by atoms with Crippen molar-refractivity contribution in [3.05, 3.63) is 0 Å². The second kappa shape index (κ2) is 6.47. The molecule has 5 N–H and O–H groups in total. The molecule has 3 fully saturated rings. The molecule has 0 aromatic carbocycles. The summed E-state index contributed by atoms with van der Waals surface area (Å²) in [5.41, 5.74) is -5.51. The molecule has 0 amide bonds. The first-order valence-corrected chi connectivity index (χ1v) is 9.88. The highest BCUT2D eigenvalue weighted by molar-refractivity contribution is 5.81. The van der Waals surface area contributed by atoms with Crippen molar-refractivity contribution in [1.82, 2.24) is 0 Å². The number of esters is 1. The highest BCUT2D eigenvalue weighted by Gasteiger charge is 2.71. The third kappa shape index (κ3) is 2.69. The summed E-state index contributed by atoms with van der Waals surface area (Å²) in [5.74, 6) is -2.43. The van der Waals surface area contributed by atoms with E-state index in [2.05, 4.69) is 0 Å². The first kappa shape index (κ1) is 21.6. The number of hydrogen-bond donors (Lipinski definition) is 5. The van der Waals surface area contributed by atoms with Crippen molar-refractivity contribution in [3.63, 3.8) is 0 Å². The number of fused-ring (bicyclic) bond motifs is 2. The number of rotatable bonds is 5. The van der Waals surface area contributed by atoms with E-state index in [1.165, 1.54) is 13.8 Å². The molecule has 2 saturated carbocycles. The quantitative estimate of drug-likeness (QED) is 0.390. The lowest BCUT2D eigenvalue weighted by molar-refractivity contribution is -0.163. The largest absolute Gasteiger partial charge is 0.459 e. The predicted molar refractivity (Wildman–Crippen MR) is 96.9 cm³/mol. The molecule has 2 bridgehead atoms. The Kier molecular flexibility index (Phi) is 5.00. The summed E-state index contributed by atoms with van der Waals surface area (Å²) in [4.78, 5) is 24.9. The Morgan fingerprint density at radius 3 is 2.36 bits per heavy atom. The molecular formula is C20H32O8. The van der Waals surface area contributed by atoms with Gasteiger partial charge in [-0.1, -0.05) is 0 Å². The average Bonchev–Trinajstić information content (AvgIpc) is 2.80. The summed E-state index contributed by atoms with van der Waals surface area (Å²) in [6.45, 7) is 5.62. The fraction of sp³-hybridized carbons (Fsp3) is 0.900. The molecule has 3 rings (SSSR count). The van der Waals surface area contributed by atoms with Crippen LogP contribution in [0.3, 0.4) is 0 Å². The molecule has 1 heterocycles. The van der Waals surface area contributed by atoms with Gasteiger partial charge in [0.05, 0.1) is 23.2 Å². The number of Topliss-reactive ketones (excluding diaryl/α,β-unsaturated/α-hetero) is 1. The van der Waals surface area contributed by atoms with Crippen molar-refractivity contribution >= 4 is 11.8 Å². The van der Waals surface area contributed by atoms with Crippen molar-refractivity contribution < 1.29 is 39.9 Å². The number of aliphatic hydroxyl groups excluding tert-OH is 3. The topological polar surface area (TPSA) is 145 Å². The number of ether oxygens (including phenoxy) is 1. The minimum atomic E-state index is -1.69. The first-order valence-electron chi connectivity index (χ1n) is 9.88. The van der Waals surface area contributed by atoms with Gasteiger partial charge in [0.2, 0.25) is 0 Å². The lowest BCUT2D eigenvalue weighted by atomic mass is 9.59. The first-order chi connectivity index (χ1) is 12.7. The zero-order chi connectivity index (χ0) is 21.3. The van der Waals surface area contributed by atoms with Gasteiger partial charge in [0.25, 0.3) is 0 Å². The van der Waals surface area contributed by atoms with Gasteiger partial charge in [0, 0.05) is 30.3 Å². The number of carbonyl (C=O) groups excluding carboxylic acids is 2. The van der Waals surface area contributed by atoms with Gasteiger partial charge < -0.3 is 30.3 Å². The standard InChI is InChI=1S/C20H32O8/c1-10(22)11-7-12(23)14-15(24)19(11,9-18(14,4)26)8-13-20(27,5-6-21)17(2,3)16(25)28-13/h11-15,21,23-24,26-27H,5-9H2,1-4H3/t11?,12-,13-,14?,15-,18-,19+,20+/m1/s1. The molecule has 0 radical (unpaired) electrons. The highest BCUT2D eigenvalue weighted by Crippen LogP contribution is 2.63. The van der Waals surface area contributed by atoms with E-state index in [-0.39, 0.29) is 38.1 Å². The Morgan fingerprint density at radius 1 is 1.21 bits per heavy atom. The Bertz CT molecular complexity index is 673. The molecule has 1 aliphatic heterocycles. The highest BCUT2D eigenvalue weighted by atomic mass is 16.6. The molecule has 8 atom stereocenters. The van der Waals surface area contributed by atoms with Crippen molar-refractivity contribution in [2.45, 2.75) is 82.9 Å². The van der Waals surface area contributed by atoms with E-state index in [9.17, 15) is 35.1 Å². The fourth-order valence-electron chi connectivity index (χ4n) is 6.22. The average molecular weight is 400 g/mol. The summed E-state index contributed by atoms with van der Waals surface area (Å²) >= 11 is 0. The van der Waals surface area contributed by atoms with Crippen LogP contribution < -0.4 is 0 Å². The lowest BCUT2D eigenvalue weighted by Crippen LogP contribution is -2.57. The molecule has 8 nitrogen and oxygen atoms in total. The van der Waals surface area contributed by atoms with E-state index in [4.69, 9.17) is 4.74 Å². The molecule has 0 aromatic rings. The van der Waals surface area contributed by atoms with Crippen LogP contribution >= 0.6 is 0 Å². The maximum Gasteiger partial charge on any atom is 0.314 e. The molecule has 2 unspecified atom stereocenters. The summed E-state index contributed by atoms with van der Waals surface area (Å²) in [6, 6.07) is 0. The number of ketones is 1. The van der Waals surface area contributed by atoms with Crippen molar-refractivity contribution in [2.75, 3.05) is 6.61 Å². The molecule has 2 aliphatic carbocycles. The van der Waals surface area contributed by atoms with E-state index < -0.39 is 58.1 Å². The van der Waals surface area contributed by atoms with Gasteiger partial charge in [0.1, 0.15) is 17.5 Å². The third-order valence-electron chi connectivity index (χ3n) is 7.84. The second-order valence-corrected chi connectivity index (χ2v) is 9.82. The molecule has 3 aliphatic rings. The maximum absolute atomic E-state index is 12.4. The van der Waals surface area contributed by atoms with Crippen LogP contribution in [0, 0.1) is 22.7 Å². The lowest BCUT2D eigenvalue weighted by Gasteiger charge is -2.48. The van der Waals surface area contributed by atoms with Gasteiger partial charge in [-0.3, -0.25) is 9.59 Å². The zero-order valence-electron chi connectivity index (χ0n) is 16.9. The molecule has 1 saturated heterocycles. The summed E-state index contributed by atoms with van der Waals surface area (Å²) < 4.78 is 5.50. The Hall–Kier alpha value is -1.06. The smallest absolute Gasteiger partial charge is 0.314 e. The van der Waals surface area contributed by atoms with Crippen LogP contribution in [-0.2, 0) is 14.3 Å². The van der Waals surface area contributed by atoms with Crippen LogP contribution in [0.25, 0.3) is 0 Å². The number of cyclic esters (lactones) is 1. The summed E-state index contributed by atoms with van der Waals surface area (Å²) in [7, 11) is 0. The minimum absolute atomic E-state index is 0.0382. The molecule has 0 aromatic heterocycles. The molecule has 160 valence electrons. The molecule has 28 heavy (non-hydrogen) atoms.